The molecule has 0 aromatic heterocycles. The van der Waals surface area contributed by atoms with E-state index >= 15 is 0 Å². The van der Waals surface area contributed by atoms with Crippen molar-refractivity contribution in [3.63, 3.8) is 0 Å². The van der Waals surface area contributed by atoms with E-state index in [0.29, 0.717) is 16.7 Å². The molecule has 4 rings (SSSR count). The zero-order valence-electron chi connectivity index (χ0n) is 15.7. The summed E-state index contributed by atoms with van der Waals surface area (Å²) in [4.78, 5) is 27.0. The average Bonchev–Trinajstić information content (AvgIpc) is 2.75. The molecule has 3 aromatic rings. The number of rotatable bonds is 5. The molecular weight excluding hydrogens is 404 g/mol. The second-order valence-corrected chi connectivity index (χ2v) is 8.36. The number of amides is 1. The fraction of sp³-hybridized carbons (Fsp3) is 0.0909. The van der Waals surface area contributed by atoms with E-state index in [9.17, 15) is 22.6 Å². The molecule has 1 aliphatic heterocycles. The lowest BCUT2D eigenvalue weighted by molar-refractivity contribution is 0.0714. The Morgan fingerprint density at radius 2 is 1.57 bits per heavy atom. The van der Waals surface area contributed by atoms with Gasteiger partial charge in [0.1, 0.15) is 0 Å². The van der Waals surface area contributed by atoms with Crippen molar-refractivity contribution in [3.05, 3.63) is 101 Å². The van der Waals surface area contributed by atoms with Crippen molar-refractivity contribution in [2.45, 2.75) is 12.0 Å². The number of ketones is 1. The van der Waals surface area contributed by atoms with E-state index in [4.69, 9.17) is 0 Å². The number of anilines is 1. The first kappa shape index (κ1) is 19.8. The number of benzene rings is 3. The Hall–Kier alpha value is -3.49. The van der Waals surface area contributed by atoms with Gasteiger partial charge in [0.2, 0.25) is 5.50 Å². The molecule has 152 valence electrons. The first-order valence-corrected chi connectivity index (χ1v) is 10.7. The van der Waals surface area contributed by atoms with E-state index in [0.717, 1.165) is 4.90 Å². The van der Waals surface area contributed by atoms with Crippen LogP contribution in [0.4, 0.5) is 5.69 Å². The minimum Gasteiger partial charge on any atom is -0.350 e. The molecule has 0 spiro atoms. The van der Waals surface area contributed by atoms with Gasteiger partial charge in [-0.1, -0.05) is 60.7 Å². The standard InChI is InChI=1S/C22H18N2O5S/c25-20(16-9-5-2-6-10-16)17-11-12-19-18(13-17)21(26)24(22(23-19)30(27,28)29)14-15-7-3-1-4-8-15/h1-13,22-23H,14H2,(H,27,28,29). The Morgan fingerprint density at radius 1 is 0.933 bits per heavy atom. The first-order chi connectivity index (χ1) is 14.3. The smallest absolute Gasteiger partial charge is 0.306 e. The lowest BCUT2D eigenvalue weighted by Gasteiger charge is -2.36. The summed E-state index contributed by atoms with van der Waals surface area (Å²) in [5, 5.41) is 2.70. The number of nitrogens with one attached hydrogen (secondary N) is 1. The monoisotopic (exact) mass is 422 g/mol. The number of carbonyl (C=O) groups excluding carboxylic acids is 2. The predicted octanol–water partition coefficient (Wildman–Crippen LogP) is 3.16. The summed E-state index contributed by atoms with van der Waals surface area (Å²) in [6.07, 6.45) is 0. The van der Waals surface area contributed by atoms with Gasteiger partial charge in [0, 0.05) is 23.4 Å². The minimum atomic E-state index is -4.61. The molecule has 1 amide bonds. The van der Waals surface area contributed by atoms with Gasteiger partial charge in [0.25, 0.3) is 5.91 Å². The van der Waals surface area contributed by atoms with Crippen LogP contribution in [0.3, 0.4) is 0 Å². The van der Waals surface area contributed by atoms with Crippen molar-refractivity contribution in [3.8, 4) is 0 Å². The quantitative estimate of drug-likeness (QED) is 0.484. The highest BCUT2D eigenvalue weighted by atomic mass is 32.2. The number of nitrogens with zero attached hydrogens (tertiary/aromatic N) is 1. The van der Waals surface area contributed by atoms with Gasteiger partial charge in [-0.3, -0.25) is 19.0 Å². The van der Waals surface area contributed by atoms with E-state index < -0.39 is 21.5 Å². The Bertz CT molecular complexity index is 1210. The summed E-state index contributed by atoms with van der Waals surface area (Å²) in [5.41, 5.74) is 0.240. The molecule has 0 radical (unpaired) electrons. The summed E-state index contributed by atoms with van der Waals surface area (Å²) in [7, 11) is -4.61. The van der Waals surface area contributed by atoms with Gasteiger partial charge >= 0.3 is 10.1 Å². The van der Waals surface area contributed by atoms with E-state index in [1.165, 1.54) is 18.2 Å². The Labute approximate surface area is 173 Å². The normalized spacial score (nSPS) is 16.0. The molecule has 0 saturated carbocycles. The van der Waals surface area contributed by atoms with Gasteiger partial charge in [-0.25, -0.2) is 0 Å². The fourth-order valence-corrected chi connectivity index (χ4v) is 4.15. The van der Waals surface area contributed by atoms with Crippen LogP contribution >= 0.6 is 0 Å². The van der Waals surface area contributed by atoms with Gasteiger partial charge in [-0.05, 0) is 23.8 Å². The van der Waals surface area contributed by atoms with Crippen LogP contribution in [0.1, 0.15) is 31.8 Å². The highest BCUT2D eigenvalue weighted by Gasteiger charge is 2.39. The van der Waals surface area contributed by atoms with Crippen LogP contribution in [0.2, 0.25) is 0 Å². The van der Waals surface area contributed by atoms with E-state index in [2.05, 4.69) is 5.32 Å². The van der Waals surface area contributed by atoms with Gasteiger partial charge in [0.05, 0.1) is 5.56 Å². The van der Waals surface area contributed by atoms with Crippen molar-refractivity contribution in [2.75, 3.05) is 5.32 Å². The number of fused-ring (bicyclic) bond motifs is 1. The molecule has 1 atom stereocenters. The van der Waals surface area contributed by atoms with Crippen LogP contribution in [-0.4, -0.2) is 35.1 Å². The minimum absolute atomic E-state index is 0.0343. The SMILES string of the molecule is O=C(c1ccccc1)c1ccc2c(c1)C(=O)N(Cc1ccccc1)C(S(=O)(=O)O)N2. The van der Waals surface area contributed by atoms with Crippen LogP contribution in [0.5, 0.6) is 0 Å². The third-order valence-electron chi connectivity index (χ3n) is 4.85. The number of hydrogen-bond acceptors (Lipinski definition) is 5. The van der Waals surface area contributed by atoms with Gasteiger partial charge in [-0.15, -0.1) is 0 Å². The molecule has 8 heteroatoms. The van der Waals surface area contributed by atoms with Gasteiger partial charge in [0.15, 0.2) is 5.78 Å². The summed E-state index contributed by atoms with van der Waals surface area (Å²) < 4.78 is 33.6. The van der Waals surface area contributed by atoms with Crippen LogP contribution in [0, 0.1) is 0 Å². The lowest BCUT2D eigenvalue weighted by Crippen LogP contribution is -2.52. The third kappa shape index (κ3) is 3.83. The molecular formula is C22H18N2O5S. The zero-order chi connectivity index (χ0) is 21.3. The molecule has 2 N–H and O–H groups in total. The summed E-state index contributed by atoms with van der Waals surface area (Å²) in [5.74, 6) is -0.851. The maximum absolute atomic E-state index is 13.2. The van der Waals surface area contributed by atoms with Crippen LogP contribution in [-0.2, 0) is 16.7 Å². The molecule has 1 aliphatic rings. The maximum Gasteiger partial charge on any atom is 0.306 e. The maximum atomic E-state index is 13.2. The molecule has 7 nitrogen and oxygen atoms in total. The Kier molecular flexibility index (Phi) is 5.11. The lowest BCUT2D eigenvalue weighted by atomic mass is 9.99. The van der Waals surface area contributed by atoms with Crippen molar-refractivity contribution in [1.29, 1.82) is 0 Å². The molecule has 1 unspecified atom stereocenters. The van der Waals surface area contributed by atoms with Crippen LogP contribution in [0.15, 0.2) is 78.9 Å². The average molecular weight is 422 g/mol. The third-order valence-corrected chi connectivity index (χ3v) is 5.79. The summed E-state index contributed by atoms with van der Waals surface area (Å²) in [6, 6.07) is 21.9. The van der Waals surface area contributed by atoms with Crippen molar-refractivity contribution in [1.82, 2.24) is 4.90 Å². The second-order valence-electron chi connectivity index (χ2n) is 6.89. The van der Waals surface area contributed by atoms with E-state index in [-0.39, 0.29) is 23.6 Å². The van der Waals surface area contributed by atoms with Crippen LogP contribution in [0.25, 0.3) is 0 Å². The fourth-order valence-electron chi connectivity index (χ4n) is 3.39. The molecule has 0 bridgehead atoms. The molecule has 1 heterocycles. The molecule has 3 aromatic carbocycles. The summed E-state index contributed by atoms with van der Waals surface area (Å²) in [6.45, 7) is -0.0343. The molecule has 0 fully saturated rings. The van der Waals surface area contributed by atoms with E-state index in [1.807, 2.05) is 0 Å². The van der Waals surface area contributed by atoms with Crippen molar-refractivity contribution >= 4 is 27.5 Å². The first-order valence-electron chi connectivity index (χ1n) is 9.16. The predicted molar refractivity (Wildman–Crippen MR) is 112 cm³/mol. The number of hydrogen-bond donors (Lipinski definition) is 2. The van der Waals surface area contributed by atoms with Crippen molar-refractivity contribution in [2.24, 2.45) is 0 Å². The van der Waals surface area contributed by atoms with Gasteiger partial charge < -0.3 is 5.32 Å². The second kappa shape index (κ2) is 7.74. The van der Waals surface area contributed by atoms with E-state index in [1.54, 1.807) is 60.7 Å². The highest BCUT2D eigenvalue weighted by molar-refractivity contribution is 7.86. The topological polar surface area (TPSA) is 104 Å². The largest absolute Gasteiger partial charge is 0.350 e. The van der Waals surface area contributed by atoms with Gasteiger partial charge in [-0.2, -0.15) is 8.42 Å². The molecule has 0 saturated heterocycles. The Morgan fingerprint density at radius 3 is 2.20 bits per heavy atom. The molecule has 30 heavy (non-hydrogen) atoms. The highest BCUT2D eigenvalue weighted by Crippen LogP contribution is 2.30. The van der Waals surface area contributed by atoms with Crippen LogP contribution < -0.4 is 5.32 Å². The Balaban J connectivity index is 1.74. The molecule has 0 aliphatic carbocycles. The number of carbonyl (C=O) groups is 2. The zero-order valence-corrected chi connectivity index (χ0v) is 16.5. The summed E-state index contributed by atoms with van der Waals surface area (Å²) >= 11 is 0. The van der Waals surface area contributed by atoms with Crippen molar-refractivity contribution < 1.29 is 22.6 Å².